The second-order valence-electron chi connectivity index (χ2n) is 10.7. The molecule has 0 saturated heterocycles. The highest BCUT2D eigenvalue weighted by Crippen LogP contribution is 2.57. The highest BCUT2D eigenvalue weighted by Gasteiger charge is 2.51. The van der Waals surface area contributed by atoms with Crippen LogP contribution in [0.25, 0.3) is 0 Å². The van der Waals surface area contributed by atoms with Crippen LogP contribution in [0.2, 0.25) is 0 Å². The lowest BCUT2D eigenvalue weighted by atomic mass is 9.49. The highest BCUT2D eigenvalue weighted by molar-refractivity contribution is 5.65. The third kappa shape index (κ3) is 3.75. The van der Waals surface area contributed by atoms with E-state index in [1.165, 1.54) is 36.8 Å². The van der Waals surface area contributed by atoms with E-state index in [0.717, 1.165) is 13.0 Å². The van der Waals surface area contributed by atoms with Crippen molar-refractivity contribution in [3.05, 3.63) is 68.8 Å². The molecule has 4 nitrogen and oxygen atoms in total. The summed E-state index contributed by atoms with van der Waals surface area (Å²) in [5.74, 6) is 1.13. The molecule has 1 fully saturated rings. The third-order valence-electron chi connectivity index (χ3n) is 8.27. The Hall–Kier alpha value is -2.36. The zero-order chi connectivity index (χ0) is 22.4. The number of hydrogen-bond acceptors (Lipinski definition) is 3. The Labute approximate surface area is 186 Å². The maximum atomic E-state index is 11.6. The van der Waals surface area contributed by atoms with E-state index >= 15 is 0 Å². The molecule has 0 unspecified atom stereocenters. The number of nitro groups is 1. The molecule has 0 spiro atoms. The summed E-state index contributed by atoms with van der Waals surface area (Å²) < 4.78 is 0. The van der Waals surface area contributed by atoms with Crippen LogP contribution in [0.3, 0.4) is 0 Å². The predicted octanol–water partition coefficient (Wildman–Crippen LogP) is 7.15. The minimum atomic E-state index is -0.256. The average molecular weight is 421 g/mol. The quantitative estimate of drug-likeness (QED) is 0.413. The monoisotopic (exact) mass is 420 g/mol. The van der Waals surface area contributed by atoms with E-state index in [1.807, 2.05) is 25.1 Å². The number of rotatable bonds is 5. The van der Waals surface area contributed by atoms with Crippen LogP contribution in [-0.4, -0.2) is 11.5 Å². The second-order valence-corrected chi connectivity index (χ2v) is 10.7. The van der Waals surface area contributed by atoms with Crippen molar-refractivity contribution < 1.29 is 4.92 Å². The van der Waals surface area contributed by atoms with E-state index in [-0.39, 0.29) is 21.4 Å². The van der Waals surface area contributed by atoms with Gasteiger partial charge < -0.3 is 5.32 Å². The molecule has 4 heteroatoms. The molecule has 2 aliphatic carbocycles. The van der Waals surface area contributed by atoms with Gasteiger partial charge in [-0.1, -0.05) is 64.4 Å². The van der Waals surface area contributed by atoms with Crippen molar-refractivity contribution >= 4 is 11.4 Å². The molecule has 0 bridgehead atoms. The van der Waals surface area contributed by atoms with Gasteiger partial charge in [-0.25, -0.2) is 0 Å². The molecular formula is C27H36N2O2. The first kappa shape index (κ1) is 21.9. The van der Waals surface area contributed by atoms with Crippen molar-refractivity contribution in [2.75, 3.05) is 11.9 Å². The number of nitro benzene ring substituents is 1. The number of nitrogens with one attached hydrogen (secondary N) is 1. The van der Waals surface area contributed by atoms with E-state index in [2.05, 4.69) is 51.2 Å². The summed E-state index contributed by atoms with van der Waals surface area (Å²) in [6.45, 7) is 12.0. The first-order chi connectivity index (χ1) is 14.7. The van der Waals surface area contributed by atoms with Gasteiger partial charge in [-0.2, -0.15) is 0 Å². The van der Waals surface area contributed by atoms with Crippen LogP contribution in [0.4, 0.5) is 11.4 Å². The molecule has 4 rings (SSSR count). The third-order valence-corrected chi connectivity index (χ3v) is 8.27. The van der Waals surface area contributed by atoms with Gasteiger partial charge in [0.2, 0.25) is 0 Å². The Morgan fingerprint density at radius 3 is 2.68 bits per heavy atom. The first-order valence-electron chi connectivity index (χ1n) is 11.8. The molecule has 0 amide bonds. The molecule has 1 saturated carbocycles. The molecule has 0 radical (unpaired) electrons. The average Bonchev–Trinajstić information content (AvgIpc) is 2.71. The maximum Gasteiger partial charge on any atom is 0.295 e. The Kier molecular flexibility index (Phi) is 5.61. The predicted molar refractivity (Wildman–Crippen MR) is 128 cm³/mol. The van der Waals surface area contributed by atoms with Crippen LogP contribution in [0.1, 0.15) is 81.5 Å². The van der Waals surface area contributed by atoms with Crippen molar-refractivity contribution in [3.63, 3.8) is 0 Å². The smallest absolute Gasteiger partial charge is 0.295 e. The number of para-hydroxylation sites is 1. The molecular weight excluding hydrogens is 384 g/mol. The van der Waals surface area contributed by atoms with Gasteiger partial charge in [-0.15, -0.1) is 0 Å². The molecule has 0 aliphatic heterocycles. The van der Waals surface area contributed by atoms with Gasteiger partial charge in [-0.05, 0) is 78.0 Å². The summed E-state index contributed by atoms with van der Waals surface area (Å²) >= 11 is 0. The summed E-state index contributed by atoms with van der Waals surface area (Å²) in [6.07, 6.45) is 5.92. The van der Waals surface area contributed by atoms with Gasteiger partial charge >= 0.3 is 0 Å². The van der Waals surface area contributed by atoms with Gasteiger partial charge in [-0.3, -0.25) is 10.1 Å². The van der Waals surface area contributed by atoms with E-state index in [9.17, 15) is 10.1 Å². The fourth-order valence-corrected chi connectivity index (χ4v) is 6.56. The lowest BCUT2D eigenvalue weighted by Gasteiger charge is -2.55. The normalized spacial score (nSPS) is 27.5. The van der Waals surface area contributed by atoms with Crippen LogP contribution in [0, 0.1) is 28.4 Å². The summed E-state index contributed by atoms with van der Waals surface area (Å²) in [7, 11) is 0. The van der Waals surface area contributed by atoms with Crippen LogP contribution in [0.5, 0.6) is 0 Å². The lowest BCUT2D eigenvalue weighted by molar-refractivity contribution is -0.384. The molecule has 3 atom stereocenters. The minimum Gasteiger partial charge on any atom is -0.379 e. The van der Waals surface area contributed by atoms with E-state index in [0.29, 0.717) is 23.1 Å². The lowest BCUT2D eigenvalue weighted by Crippen LogP contribution is -2.51. The maximum absolute atomic E-state index is 11.6. The van der Waals surface area contributed by atoms with Crippen molar-refractivity contribution in [2.24, 2.45) is 11.3 Å². The molecule has 0 heterocycles. The Bertz CT molecular complexity index is 999. The Morgan fingerprint density at radius 2 is 1.97 bits per heavy atom. The Morgan fingerprint density at radius 1 is 1.19 bits per heavy atom. The fourth-order valence-electron chi connectivity index (χ4n) is 6.56. The summed E-state index contributed by atoms with van der Waals surface area (Å²) in [5, 5.41) is 15.1. The summed E-state index contributed by atoms with van der Waals surface area (Å²) in [5.41, 5.74) is 6.37. The number of hydrogen-bond donors (Lipinski definition) is 1. The molecule has 166 valence electrons. The van der Waals surface area contributed by atoms with Gasteiger partial charge in [0.05, 0.1) is 4.92 Å². The van der Waals surface area contributed by atoms with Crippen molar-refractivity contribution in [2.45, 2.75) is 78.1 Å². The van der Waals surface area contributed by atoms with E-state index in [1.54, 1.807) is 5.56 Å². The van der Waals surface area contributed by atoms with Crippen LogP contribution in [-0.2, 0) is 11.8 Å². The van der Waals surface area contributed by atoms with Crippen molar-refractivity contribution in [1.29, 1.82) is 0 Å². The van der Waals surface area contributed by atoms with Crippen molar-refractivity contribution in [1.82, 2.24) is 0 Å². The van der Waals surface area contributed by atoms with Gasteiger partial charge in [0.1, 0.15) is 5.69 Å². The zero-order valence-corrected chi connectivity index (χ0v) is 19.6. The van der Waals surface area contributed by atoms with Crippen LogP contribution >= 0.6 is 0 Å². The summed E-state index contributed by atoms with van der Waals surface area (Å²) in [6, 6.07) is 12.7. The number of anilines is 1. The van der Waals surface area contributed by atoms with Crippen molar-refractivity contribution in [3.8, 4) is 0 Å². The highest BCUT2D eigenvalue weighted by atomic mass is 16.6. The minimum absolute atomic E-state index is 0.110. The Balaban J connectivity index is 1.63. The molecule has 2 aliphatic rings. The molecule has 2 aromatic carbocycles. The van der Waals surface area contributed by atoms with E-state index < -0.39 is 0 Å². The molecule has 1 N–H and O–H groups in total. The number of benzene rings is 2. The summed E-state index contributed by atoms with van der Waals surface area (Å²) in [4.78, 5) is 11.4. The van der Waals surface area contributed by atoms with E-state index in [4.69, 9.17) is 0 Å². The van der Waals surface area contributed by atoms with Crippen LogP contribution < -0.4 is 5.32 Å². The topological polar surface area (TPSA) is 55.2 Å². The zero-order valence-electron chi connectivity index (χ0n) is 19.6. The second kappa shape index (κ2) is 7.96. The molecule has 0 aromatic heterocycles. The SMILES string of the molecule is Cc1cccc(NC[C@@]2(C)CCC[C@]3(C)c4ccc(C(C)C)cc4CC[C@@H]23)c1[N+](=O)[O-]. The van der Waals surface area contributed by atoms with Gasteiger partial charge in [0.25, 0.3) is 5.69 Å². The fraction of sp³-hybridized carbons (Fsp3) is 0.556. The number of aryl methyl sites for hydroxylation is 2. The van der Waals surface area contributed by atoms with Crippen LogP contribution in [0.15, 0.2) is 36.4 Å². The largest absolute Gasteiger partial charge is 0.379 e. The number of nitrogens with zero attached hydrogens (tertiary/aromatic N) is 1. The van der Waals surface area contributed by atoms with Gasteiger partial charge in [0, 0.05) is 12.1 Å². The number of fused-ring (bicyclic) bond motifs is 3. The standard InChI is InChI=1S/C27H36N2O2/c1-18(2)20-10-12-22-21(16-20)11-13-24-26(4,14-7-15-27(22,24)5)17-28-23-9-6-8-19(3)25(23)29(30)31/h6,8-10,12,16,18,24,28H,7,11,13-15,17H2,1-5H3/t24-,26+,27+/m0/s1. The van der Waals surface area contributed by atoms with Gasteiger partial charge in [0.15, 0.2) is 0 Å². The molecule has 31 heavy (non-hydrogen) atoms. The first-order valence-corrected chi connectivity index (χ1v) is 11.8. The molecule has 2 aromatic rings.